The molecule has 0 atom stereocenters. The van der Waals surface area contributed by atoms with Gasteiger partial charge in [-0.25, -0.2) is 0 Å². The Morgan fingerprint density at radius 2 is 0.853 bits per heavy atom. The summed E-state index contributed by atoms with van der Waals surface area (Å²) in [4.78, 5) is 0. The van der Waals surface area contributed by atoms with E-state index in [4.69, 9.17) is 9.11 Å². The van der Waals surface area contributed by atoms with Crippen LogP contribution in [0.25, 0.3) is 0 Å². The molecule has 1 saturated carbocycles. The molecule has 8 heteroatoms. The first-order valence-electron chi connectivity index (χ1n) is 14.1. The first kappa shape index (κ1) is 33.8. The average molecular weight is 527 g/mol. The molecule has 0 saturated heterocycles. The molecule has 0 aromatic rings. The summed E-state index contributed by atoms with van der Waals surface area (Å²) in [6.45, 7) is 2.27. The van der Waals surface area contributed by atoms with Crippen LogP contribution >= 0.6 is 0 Å². The Balaban J connectivity index is 0.000000896. The molecule has 0 aliphatic heterocycles. The third kappa shape index (κ3) is 24.9. The highest BCUT2D eigenvalue weighted by Crippen LogP contribution is 2.22. The van der Waals surface area contributed by atoms with Crippen LogP contribution in [-0.2, 0) is 20.2 Å². The summed E-state index contributed by atoms with van der Waals surface area (Å²) in [5, 5.41) is -0.471. The predicted molar refractivity (Wildman–Crippen MR) is 144 cm³/mol. The monoisotopic (exact) mass is 526 g/mol. The molecule has 0 amide bonds. The first-order valence-corrected chi connectivity index (χ1v) is 17.2. The average Bonchev–Trinajstić information content (AvgIpc) is 2.78. The van der Waals surface area contributed by atoms with Crippen LogP contribution in [0.3, 0.4) is 0 Å². The highest BCUT2D eigenvalue weighted by molar-refractivity contribution is 7.86. The Morgan fingerprint density at radius 3 is 1.12 bits per heavy atom. The molecular weight excluding hydrogens is 472 g/mol. The number of rotatable bonds is 20. The molecule has 1 aliphatic carbocycles. The molecule has 0 unspecified atom stereocenters. The van der Waals surface area contributed by atoms with E-state index < -0.39 is 25.5 Å². The van der Waals surface area contributed by atoms with Gasteiger partial charge in [0.25, 0.3) is 20.2 Å². The molecule has 0 bridgehead atoms. The van der Waals surface area contributed by atoms with Crippen molar-refractivity contribution in [3.8, 4) is 0 Å². The number of unbranched alkanes of at least 4 members (excludes halogenated alkanes) is 17. The lowest BCUT2D eigenvalue weighted by Gasteiger charge is -2.17. The van der Waals surface area contributed by atoms with Gasteiger partial charge in [-0.05, 0) is 19.3 Å². The van der Waals surface area contributed by atoms with E-state index >= 15 is 0 Å². The van der Waals surface area contributed by atoms with Crippen molar-refractivity contribution in [2.45, 2.75) is 160 Å². The molecule has 0 aromatic heterocycles. The van der Waals surface area contributed by atoms with Crippen LogP contribution in [0, 0.1) is 0 Å². The Kier molecular flexibility index (Phi) is 21.9. The Bertz CT molecular complexity index is 640. The minimum atomic E-state index is -3.75. The minimum absolute atomic E-state index is 0.0776. The fourth-order valence-electron chi connectivity index (χ4n) is 4.55. The van der Waals surface area contributed by atoms with E-state index in [-0.39, 0.29) is 5.75 Å². The Labute approximate surface area is 211 Å². The summed E-state index contributed by atoms with van der Waals surface area (Å²) < 4.78 is 59.4. The van der Waals surface area contributed by atoms with Gasteiger partial charge in [-0.3, -0.25) is 9.11 Å². The zero-order valence-corrected chi connectivity index (χ0v) is 23.5. The van der Waals surface area contributed by atoms with Gasteiger partial charge in [0.05, 0.1) is 11.0 Å². The Hall–Kier alpha value is -0.180. The van der Waals surface area contributed by atoms with Crippen molar-refractivity contribution in [3.05, 3.63) is 0 Å². The molecule has 1 fully saturated rings. The fourth-order valence-corrected chi connectivity index (χ4v) is 6.05. The van der Waals surface area contributed by atoms with Crippen molar-refractivity contribution in [2.75, 3.05) is 5.75 Å². The van der Waals surface area contributed by atoms with Gasteiger partial charge >= 0.3 is 0 Å². The maximum Gasteiger partial charge on any atom is 0.267 e. The van der Waals surface area contributed by atoms with Crippen LogP contribution in [0.4, 0.5) is 0 Å². The van der Waals surface area contributed by atoms with Gasteiger partial charge in [-0.1, -0.05) is 135 Å². The van der Waals surface area contributed by atoms with Gasteiger partial charge in [-0.2, -0.15) is 16.8 Å². The first-order chi connectivity index (χ1) is 16.2. The van der Waals surface area contributed by atoms with Gasteiger partial charge in [0, 0.05) is 0 Å². The molecule has 206 valence electrons. The van der Waals surface area contributed by atoms with E-state index in [1.54, 1.807) is 0 Å². The second-order valence-electron chi connectivity index (χ2n) is 10.1. The van der Waals surface area contributed by atoms with E-state index in [1.165, 1.54) is 96.3 Å². The molecular formula is C26H54O6S2. The highest BCUT2D eigenvalue weighted by atomic mass is 32.2. The number of hydrogen-bond donors (Lipinski definition) is 2. The maximum atomic E-state index is 10.6. The SMILES string of the molecule is CCCCCCCCCCCCCCCCCCCCS(=O)(=O)O.O=S(=O)(O)C1CCCCC1. The highest BCUT2D eigenvalue weighted by Gasteiger charge is 2.24. The van der Waals surface area contributed by atoms with Gasteiger partial charge in [0.1, 0.15) is 0 Å². The topological polar surface area (TPSA) is 109 Å². The largest absolute Gasteiger partial charge is 0.286 e. The fraction of sp³-hybridized carbons (Fsp3) is 1.00. The van der Waals surface area contributed by atoms with Crippen LogP contribution in [-0.4, -0.2) is 36.9 Å². The smallest absolute Gasteiger partial charge is 0.267 e. The summed E-state index contributed by atoms with van der Waals surface area (Å²) in [5.74, 6) is -0.0776. The summed E-state index contributed by atoms with van der Waals surface area (Å²) in [7, 11) is -7.47. The van der Waals surface area contributed by atoms with Crippen LogP contribution in [0.1, 0.15) is 155 Å². The quantitative estimate of drug-likeness (QED) is 0.122. The lowest BCUT2D eigenvalue weighted by Crippen LogP contribution is -2.22. The molecule has 2 N–H and O–H groups in total. The lowest BCUT2D eigenvalue weighted by molar-refractivity contribution is 0.425. The summed E-state index contributed by atoms with van der Waals surface area (Å²) in [5.41, 5.74) is 0. The van der Waals surface area contributed by atoms with E-state index in [9.17, 15) is 16.8 Å². The van der Waals surface area contributed by atoms with Crippen molar-refractivity contribution < 1.29 is 25.9 Å². The molecule has 1 rings (SSSR count). The van der Waals surface area contributed by atoms with Crippen molar-refractivity contribution in [1.29, 1.82) is 0 Å². The minimum Gasteiger partial charge on any atom is -0.286 e. The second kappa shape index (κ2) is 22.1. The third-order valence-corrected chi connectivity index (χ3v) is 8.85. The molecule has 1 aliphatic rings. The zero-order chi connectivity index (χ0) is 25.5. The van der Waals surface area contributed by atoms with E-state index in [1.807, 2.05) is 0 Å². The van der Waals surface area contributed by atoms with Gasteiger partial charge in [0.2, 0.25) is 0 Å². The second-order valence-corrected chi connectivity index (χ2v) is 13.3. The van der Waals surface area contributed by atoms with E-state index in [0.717, 1.165) is 32.1 Å². The lowest BCUT2D eigenvalue weighted by atomic mass is 10.0. The van der Waals surface area contributed by atoms with E-state index in [2.05, 4.69) is 6.92 Å². The standard InChI is InChI=1S/C20H42O3S.C6H12O3S/c1-2-3-4-5-6-7-8-9-10-11-12-13-14-15-16-17-18-19-20-24(21,22)23;7-10(8,9)6-4-2-1-3-5-6/h2-20H2,1H3,(H,21,22,23);6H,1-5H2,(H,7,8,9). The molecule has 6 nitrogen and oxygen atoms in total. The van der Waals surface area contributed by atoms with Crippen molar-refractivity contribution >= 4 is 20.2 Å². The van der Waals surface area contributed by atoms with Crippen molar-refractivity contribution in [2.24, 2.45) is 0 Å². The van der Waals surface area contributed by atoms with Gasteiger partial charge < -0.3 is 0 Å². The molecule has 0 radical (unpaired) electrons. The maximum absolute atomic E-state index is 10.6. The van der Waals surface area contributed by atoms with Crippen LogP contribution < -0.4 is 0 Å². The van der Waals surface area contributed by atoms with Crippen molar-refractivity contribution in [3.63, 3.8) is 0 Å². The number of hydrogen-bond acceptors (Lipinski definition) is 4. The normalized spacial score (nSPS) is 15.1. The summed E-state index contributed by atoms with van der Waals surface area (Å²) in [6, 6.07) is 0. The van der Waals surface area contributed by atoms with E-state index in [0.29, 0.717) is 19.3 Å². The van der Waals surface area contributed by atoms with Crippen LogP contribution in [0.15, 0.2) is 0 Å². The molecule has 0 spiro atoms. The zero-order valence-electron chi connectivity index (χ0n) is 21.9. The predicted octanol–water partition coefficient (Wildman–Crippen LogP) is 8.12. The van der Waals surface area contributed by atoms with Crippen LogP contribution in [0.5, 0.6) is 0 Å². The Morgan fingerprint density at radius 1 is 0.529 bits per heavy atom. The van der Waals surface area contributed by atoms with Gasteiger partial charge in [-0.15, -0.1) is 0 Å². The van der Waals surface area contributed by atoms with Crippen LogP contribution in [0.2, 0.25) is 0 Å². The van der Waals surface area contributed by atoms with Gasteiger partial charge in [0.15, 0.2) is 0 Å². The van der Waals surface area contributed by atoms with Crippen molar-refractivity contribution in [1.82, 2.24) is 0 Å². The molecule has 0 heterocycles. The summed E-state index contributed by atoms with van der Waals surface area (Å²) >= 11 is 0. The summed E-state index contributed by atoms with van der Waals surface area (Å²) in [6.07, 6.45) is 27.5. The molecule has 0 aromatic carbocycles. The third-order valence-electron chi connectivity index (χ3n) is 6.73. The molecule has 34 heavy (non-hydrogen) atoms.